The average Bonchev–Trinajstić information content (AvgIpc) is 2.32. The van der Waals surface area contributed by atoms with E-state index in [0.717, 1.165) is 11.3 Å². The Hall–Kier alpha value is -1.59. The summed E-state index contributed by atoms with van der Waals surface area (Å²) in [6.45, 7) is 2.43. The van der Waals surface area contributed by atoms with Gasteiger partial charge in [0.1, 0.15) is 0 Å². The fraction of sp³-hybridized carbons (Fsp3) is 0.417. The van der Waals surface area contributed by atoms with Gasteiger partial charge in [0, 0.05) is 31.4 Å². The number of rotatable bonds is 5. The molecular weight excluding hydrogens is 218 g/mol. The summed E-state index contributed by atoms with van der Waals surface area (Å²) in [5.41, 5.74) is 8.09. The van der Waals surface area contributed by atoms with E-state index in [0.29, 0.717) is 18.7 Å². The van der Waals surface area contributed by atoms with Crippen LogP contribution in [0.3, 0.4) is 0 Å². The largest absolute Gasteiger partial charge is 0.398 e. The topological polar surface area (TPSA) is 67.6 Å². The Labute approximate surface area is 101 Å². The van der Waals surface area contributed by atoms with Crippen LogP contribution >= 0.6 is 0 Å². The molecule has 0 saturated carbocycles. The van der Waals surface area contributed by atoms with Gasteiger partial charge in [-0.25, -0.2) is 0 Å². The Kier molecular flexibility index (Phi) is 4.93. The molecule has 0 fully saturated rings. The van der Waals surface area contributed by atoms with Crippen molar-refractivity contribution in [2.24, 2.45) is 0 Å². The van der Waals surface area contributed by atoms with Crippen molar-refractivity contribution in [3.8, 4) is 0 Å². The van der Waals surface area contributed by atoms with Crippen molar-refractivity contribution in [3.05, 3.63) is 23.8 Å². The summed E-state index contributed by atoms with van der Waals surface area (Å²) in [5.74, 6) is -0.0531. The zero-order valence-electron chi connectivity index (χ0n) is 10.5. The van der Waals surface area contributed by atoms with E-state index in [1.807, 2.05) is 25.1 Å². The molecule has 0 aliphatic carbocycles. The zero-order valence-corrected chi connectivity index (χ0v) is 10.5. The van der Waals surface area contributed by atoms with Crippen molar-refractivity contribution < 1.29 is 9.63 Å². The number of hydroxylamine groups is 2. The molecule has 1 aromatic rings. The van der Waals surface area contributed by atoms with Crippen LogP contribution in [0.4, 0.5) is 11.4 Å². The number of nitrogens with one attached hydrogen (secondary N) is 1. The highest BCUT2D eigenvalue weighted by molar-refractivity contribution is 5.92. The molecule has 0 saturated heterocycles. The van der Waals surface area contributed by atoms with Crippen molar-refractivity contribution in [3.63, 3.8) is 0 Å². The summed E-state index contributed by atoms with van der Waals surface area (Å²) >= 11 is 0. The van der Waals surface area contributed by atoms with Gasteiger partial charge < -0.3 is 15.9 Å². The molecule has 0 bridgehead atoms. The molecule has 0 spiro atoms. The molecule has 0 unspecified atom stereocenters. The first-order valence-electron chi connectivity index (χ1n) is 5.44. The fourth-order valence-electron chi connectivity index (χ4n) is 1.35. The van der Waals surface area contributed by atoms with E-state index >= 15 is 0 Å². The number of hydrogen-bond donors (Lipinski definition) is 2. The lowest BCUT2D eigenvalue weighted by Crippen LogP contribution is -2.23. The minimum Gasteiger partial charge on any atom is -0.398 e. The van der Waals surface area contributed by atoms with Gasteiger partial charge in [-0.05, 0) is 24.6 Å². The Bertz CT molecular complexity index is 393. The second-order valence-electron chi connectivity index (χ2n) is 3.85. The van der Waals surface area contributed by atoms with E-state index in [1.54, 1.807) is 19.2 Å². The van der Waals surface area contributed by atoms with E-state index in [-0.39, 0.29) is 5.91 Å². The number of benzene rings is 1. The first-order chi connectivity index (χ1) is 8.04. The number of hydrogen-bond acceptors (Lipinski definition) is 4. The van der Waals surface area contributed by atoms with E-state index < -0.39 is 0 Å². The maximum absolute atomic E-state index is 11.7. The van der Waals surface area contributed by atoms with Crippen LogP contribution in [0.25, 0.3) is 0 Å². The SMILES string of the molecule is CON(C)CCC(=O)Nc1cccc(N)c1C. The first-order valence-corrected chi connectivity index (χ1v) is 5.44. The number of nitrogen functional groups attached to an aromatic ring is 1. The van der Waals surface area contributed by atoms with Gasteiger partial charge in [-0.3, -0.25) is 4.79 Å². The predicted octanol–water partition coefficient (Wildman–Crippen LogP) is 1.40. The highest BCUT2D eigenvalue weighted by atomic mass is 16.7. The van der Waals surface area contributed by atoms with Gasteiger partial charge >= 0.3 is 0 Å². The molecule has 1 rings (SSSR count). The van der Waals surface area contributed by atoms with Crippen molar-refractivity contribution in [2.75, 3.05) is 31.8 Å². The molecule has 0 heterocycles. The number of nitrogens with zero attached hydrogens (tertiary/aromatic N) is 1. The van der Waals surface area contributed by atoms with Crippen LogP contribution in [-0.2, 0) is 9.63 Å². The van der Waals surface area contributed by atoms with E-state index in [9.17, 15) is 4.79 Å². The van der Waals surface area contributed by atoms with Gasteiger partial charge in [0.15, 0.2) is 0 Å². The van der Waals surface area contributed by atoms with Crippen LogP contribution in [0, 0.1) is 6.92 Å². The molecule has 0 aliphatic heterocycles. The Morgan fingerprint density at radius 1 is 1.53 bits per heavy atom. The minimum atomic E-state index is -0.0531. The predicted molar refractivity (Wildman–Crippen MR) is 68.5 cm³/mol. The van der Waals surface area contributed by atoms with Gasteiger partial charge in [0.05, 0.1) is 7.11 Å². The highest BCUT2D eigenvalue weighted by Gasteiger charge is 2.07. The van der Waals surface area contributed by atoms with Crippen LogP contribution in [0.1, 0.15) is 12.0 Å². The monoisotopic (exact) mass is 237 g/mol. The fourth-order valence-corrected chi connectivity index (χ4v) is 1.35. The normalized spacial score (nSPS) is 10.6. The zero-order chi connectivity index (χ0) is 12.8. The van der Waals surface area contributed by atoms with Crippen LogP contribution < -0.4 is 11.1 Å². The third kappa shape index (κ3) is 4.05. The maximum Gasteiger partial charge on any atom is 0.225 e. The smallest absolute Gasteiger partial charge is 0.225 e. The summed E-state index contributed by atoms with van der Waals surface area (Å²) < 4.78 is 0. The van der Waals surface area contributed by atoms with E-state index in [1.165, 1.54) is 0 Å². The Balaban J connectivity index is 2.54. The molecule has 0 aromatic heterocycles. The highest BCUT2D eigenvalue weighted by Crippen LogP contribution is 2.20. The van der Waals surface area contributed by atoms with Gasteiger partial charge in [-0.1, -0.05) is 6.07 Å². The standard InChI is InChI=1S/C12H19N3O2/c1-9-10(13)5-4-6-11(9)14-12(16)7-8-15(2)17-3/h4-6H,7-8,13H2,1-3H3,(H,14,16). The molecular formula is C12H19N3O2. The summed E-state index contributed by atoms with van der Waals surface area (Å²) in [4.78, 5) is 16.6. The Morgan fingerprint density at radius 3 is 2.88 bits per heavy atom. The van der Waals surface area contributed by atoms with Crippen molar-refractivity contribution >= 4 is 17.3 Å². The quantitative estimate of drug-likeness (QED) is 0.600. The second-order valence-corrected chi connectivity index (χ2v) is 3.85. The van der Waals surface area contributed by atoms with Gasteiger partial charge in [0.2, 0.25) is 5.91 Å². The van der Waals surface area contributed by atoms with Crippen LogP contribution in [0.5, 0.6) is 0 Å². The van der Waals surface area contributed by atoms with Gasteiger partial charge in [-0.15, -0.1) is 0 Å². The minimum absolute atomic E-state index is 0.0531. The summed E-state index contributed by atoms with van der Waals surface area (Å²) in [6.07, 6.45) is 0.374. The molecule has 5 heteroatoms. The first kappa shape index (κ1) is 13.5. The number of anilines is 2. The molecule has 94 valence electrons. The Morgan fingerprint density at radius 2 is 2.24 bits per heavy atom. The lowest BCUT2D eigenvalue weighted by Gasteiger charge is -2.14. The number of nitrogens with two attached hydrogens (primary N) is 1. The van der Waals surface area contributed by atoms with Crippen LogP contribution in [0.15, 0.2) is 18.2 Å². The third-order valence-electron chi connectivity index (χ3n) is 2.62. The van der Waals surface area contributed by atoms with Gasteiger partial charge in [0.25, 0.3) is 0 Å². The summed E-state index contributed by atoms with van der Waals surface area (Å²) in [6, 6.07) is 5.46. The molecule has 5 nitrogen and oxygen atoms in total. The molecule has 0 radical (unpaired) electrons. The van der Waals surface area contributed by atoms with Crippen LogP contribution in [-0.4, -0.2) is 31.7 Å². The van der Waals surface area contributed by atoms with Crippen molar-refractivity contribution in [1.29, 1.82) is 0 Å². The molecule has 3 N–H and O–H groups in total. The summed E-state index contributed by atoms with van der Waals surface area (Å²) in [5, 5.41) is 4.43. The lowest BCUT2D eigenvalue weighted by atomic mass is 10.1. The summed E-state index contributed by atoms with van der Waals surface area (Å²) in [7, 11) is 3.35. The third-order valence-corrected chi connectivity index (χ3v) is 2.62. The number of carbonyl (C=O) groups is 1. The molecule has 1 amide bonds. The molecule has 1 aromatic carbocycles. The van der Waals surface area contributed by atoms with E-state index in [2.05, 4.69) is 5.32 Å². The maximum atomic E-state index is 11.7. The second kappa shape index (κ2) is 6.22. The number of carbonyl (C=O) groups excluding carboxylic acids is 1. The van der Waals surface area contributed by atoms with Gasteiger partial charge in [-0.2, -0.15) is 5.06 Å². The molecule has 17 heavy (non-hydrogen) atoms. The average molecular weight is 237 g/mol. The lowest BCUT2D eigenvalue weighted by molar-refractivity contribution is -0.126. The number of amides is 1. The van der Waals surface area contributed by atoms with Crippen molar-refractivity contribution in [2.45, 2.75) is 13.3 Å². The van der Waals surface area contributed by atoms with Crippen LogP contribution in [0.2, 0.25) is 0 Å². The van der Waals surface area contributed by atoms with E-state index in [4.69, 9.17) is 10.6 Å². The van der Waals surface area contributed by atoms with Crippen molar-refractivity contribution in [1.82, 2.24) is 5.06 Å². The molecule has 0 aliphatic rings. The molecule has 0 atom stereocenters.